The van der Waals surface area contributed by atoms with Crippen molar-refractivity contribution in [1.29, 1.82) is 0 Å². The molecule has 0 saturated heterocycles. The maximum Gasteiger partial charge on any atom is 0.254 e. The van der Waals surface area contributed by atoms with Gasteiger partial charge in [0.05, 0.1) is 12.1 Å². The molecule has 0 heterocycles. The number of benzene rings is 2. The van der Waals surface area contributed by atoms with E-state index in [0.29, 0.717) is 11.1 Å². The molecule has 3 nitrogen and oxygen atoms in total. The van der Waals surface area contributed by atoms with Gasteiger partial charge in [-0.15, -0.1) is 0 Å². The quantitative estimate of drug-likeness (QED) is 0.869. The van der Waals surface area contributed by atoms with E-state index in [1.54, 1.807) is 49.4 Å². The Labute approximate surface area is 116 Å². The third kappa shape index (κ3) is 3.09. The third-order valence-electron chi connectivity index (χ3n) is 2.94. The Bertz CT molecular complexity index is 638. The summed E-state index contributed by atoms with van der Waals surface area (Å²) in [6, 6.07) is 13.2. The topological polar surface area (TPSA) is 46.2 Å². The molecule has 0 fully saturated rings. The second-order valence-electron chi connectivity index (χ2n) is 4.41. The van der Waals surface area contributed by atoms with Gasteiger partial charge >= 0.3 is 0 Å². The van der Waals surface area contributed by atoms with Crippen molar-refractivity contribution in [3.8, 4) is 0 Å². The second-order valence-corrected chi connectivity index (χ2v) is 4.41. The highest BCUT2D eigenvalue weighted by molar-refractivity contribution is 6.02. The second kappa shape index (κ2) is 6.10. The smallest absolute Gasteiger partial charge is 0.254 e. The number of nitrogens with one attached hydrogen (secondary N) is 1. The van der Waals surface area contributed by atoms with Gasteiger partial charge in [0.15, 0.2) is 5.78 Å². The van der Waals surface area contributed by atoms with Crippen molar-refractivity contribution in [1.82, 2.24) is 5.32 Å². The molecule has 0 radical (unpaired) electrons. The van der Waals surface area contributed by atoms with Crippen molar-refractivity contribution < 1.29 is 14.0 Å². The predicted molar refractivity (Wildman–Crippen MR) is 74.2 cm³/mol. The maximum atomic E-state index is 13.8. The fraction of sp³-hybridized carbons (Fsp3) is 0.125. The summed E-state index contributed by atoms with van der Waals surface area (Å²) in [4.78, 5) is 23.7. The lowest BCUT2D eigenvalue weighted by molar-refractivity contribution is 0.0901. The zero-order valence-electron chi connectivity index (χ0n) is 11.0. The minimum atomic E-state index is -0.588. The molecule has 0 aromatic heterocycles. The summed E-state index contributed by atoms with van der Waals surface area (Å²) in [5.41, 5.74) is 0.857. The average Bonchev–Trinajstić information content (AvgIpc) is 2.48. The number of carbonyl (C=O) groups is 2. The van der Waals surface area contributed by atoms with E-state index in [1.165, 1.54) is 6.07 Å². The summed E-state index contributed by atoms with van der Waals surface area (Å²) in [6.45, 7) is 1.43. The van der Waals surface area contributed by atoms with Gasteiger partial charge in [-0.3, -0.25) is 9.59 Å². The molecular weight excluding hydrogens is 257 g/mol. The average molecular weight is 271 g/mol. The number of hydrogen-bond acceptors (Lipinski definition) is 2. The van der Waals surface area contributed by atoms with Crippen LogP contribution in [0, 0.1) is 12.7 Å². The fourth-order valence-corrected chi connectivity index (χ4v) is 1.80. The van der Waals surface area contributed by atoms with E-state index in [4.69, 9.17) is 0 Å². The van der Waals surface area contributed by atoms with Crippen LogP contribution in [0.4, 0.5) is 4.39 Å². The zero-order valence-corrected chi connectivity index (χ0v) is 11.0. The van der Waals surface area contributed by atoms with Crippen LogP contribution in [0.25, 0.3) is 0 Å². The van der Waals surface area contributed by atoms with Crippen LogP contribution in [-0.4, -0.2) is 18.2 Å². The van der Waals surface area contributed by atoms with Crippen molar-refractivity contribution in [3.05, 3.63) is 71.0 Å². The van der Waals surface area contributed by atoms with Crippen molar-refractivity contribution in [2.45, 2.75) is 6.92 Å². The summed E-state index contributed by atoms with van der Waals surface area (Å²) >= 11 is 0. The van der Waals surface area contributed by atoms with Gasteiger partial charge in [0, 0.05) is 5.56 Å². The molecular formula is C16H14FNO2. The molecule has 0 spiro atoms. The van der Waals surface area contributed by atoms with Crippen LogP contribution in [0.15, 0.2) is 48.5 Å². The molecule has 0 saturated carbocycles. The van der Waals surface area contributed by atoms with E-state index in [-0.39, 0.29) is 17.9 Å². The minimum Gasteiger partial charge on any atom is -0.344 e. The van der Waals surface area contributed by atoms with E-state index in [0.717, 1.165) is 0 Å². The number of ketones is 1. The molecule has 0 aliphatic carbocycles. The summed E-state index contributed by atoms with van der Waals surface area (Å²) in [6.07, 6.45) is 0. The van der Waals surface area contributed by atoms with Crippen LogP contribution in [-0.2, 0) is 0 Å². The molecule has 0 aliphatic rings. The Hall–Kier alpha value is -2.49. The van der Waals surface area contributed by atoms with Crippen LogP contribution in [0.2, 0.25) is 0 Å². The SMILES string of the molecule is Cc1cccc(C(=O)NCC(=O)c2ccccc2)c1F. The van der Waals surface area contributed by atoms with Gasteiger partial charge in [-0.05, 0) is 18.6 Å². The number of carbonyl (C=O) groups excluding carboxylic acids is 2. The maximum absolute atomic E-state index is 13.8. The summed E-state index contributed by atoms with van der Waals surface area (Å²) in [5.74, 6) is -1.36. The van der Waals surface area contributed by atoms with E-state index < -0.39 is 11.7 Å². The molecule has 2 aromatic rings. The Kier molecular flexibility index (Phi) is 4.25. The Balaban J connectivity index is 2.03. The first kappa shape index (κ1) is 13.9. The molecule has 1 N–H and O–H groups in total. The monoisotopic (exact) mass is 271 g/mol. The Morgan fingerprint density at radius 1 is 1.05 bits per heavy atom. The molecule has 102 valence electrons. The highest BCUT2D eigenvalue weighted by atomic mass is 19.1. The van der Waals surface area contributed by atoms with Crippen LogP contribution in [0.3, 0.4) is 0 Å². The highest BCUT2D eigenvalue weighted by Crippen LogP contribution is 2.11. The van der Waals surface area contributed by atoms with Gasteiger partial charge in [-0.2, -0.15) is 0 Å². The van der Waals surface area contributed by atoms with Crippen molar-refractivity contribution in [2.75, 3.05) is 6.54 Å². The molecule has 0 atom stereocenters. The first-order valence-electron chi connectivity index (χ1n) is 6.21. The lowest BCUT2D eigenvalue weighted by Crippen LogP contribution is -2.30. The van der Waals surface area contributed by atoms with Crippen molar-refractivity contribution in [2.24, 2.45) is 0 Å². The largest absolute Gasteiger partial charge is 0.344 e. The Morgan fingerprint density at radius 3 is 2.45 bits per heavy atom. The molecule has 0 bridgehead atoms. The number of aryl methyl sites for hydroxylation is 1. The van der Waals surface area contributed by atoms with Crippen LogP contribution in [0.5, 0.6) is 0 Å². The molecule has 0 aliphatic heterocycles. The van der Waals surface area contributed by atoms with Crippen LogP contribution >= 0.6 is 0 Å². The fourth-order valence-electron chi connectivity index (χ4n) is 1.80. The molecule has 2 aromatic carbocycles. The number of hydrogen-bond donors (Lipinski definition) is 1. The van der Waals surface area contributed by atoms with E-state index >= 15 is 0 Å². The van der Waals surface area contributed by atoms with Crippen LogP contribution in [0.1, 0.15) is 26.3 Å². The Morgan fingerprint density at radius 2 is 1.75 bits per heavy atom. The lowest BCUT2D eigenvalue weighted by Gasteiger charge is -2.07. The zero-order chi connectivity index (χ0) is 14.5. The molecule has 1 amide bonds. The van der Waals surface area contributed by atoms with Gasteiger partial charge in [-0.25, -0.2) is 4.39 Å². The van der Waals surface area contributed by atoms with Gasteiger partial charge in [-0.1, -0.05) is 42.5 Å². The summed E-state index contributed by atoms with van der Waals surface area (Å²) in [7, 11) is 0. The van der Waals surface area contributed by atoms with Gasteiger partial charge in [0.25, 0.3) is 5.91 Å². The van der Waals surface area contributed by atoms with Crippen molar-refractivity contribution in [3.63, 3.8) is 0 Å². The van der Waals surface area contributed by atoms with Crippen molar-refractivity contribution >= 4 is 11.7 Å². The lowest BCUT2D eigenvalue weighted by atomic mass is 10.1. The van der Waals surface area contributed by atoms with Gasteiger partial charge in [0.2, 0.25) is 0 Å². The van der Waals surface area contributed by atoms with E-state index in [9.17, 15) is 14.0 Å². The number of rotatable bonds is 4. The molecule has 20 heavy (non-hydrogen) atoms. The number of Topliss-reactive ketones (excluding diaryl/α,β-unsaturated/α-hetero) is 1. The molecule has 0 unspecified atom stereocenters. The standard InChI is InChI=1S/C16H14FNO2/c1-11-6-5-9-13(15(11)17)16(20)18-10-14(19)12-7-3-2-4-8-12/h2-9H,10H2,1H3,(H,18,20). The van der Waals surface area contributed by atoms with Gasteiger partial charge in [0.1, 0.15) is 5.82 Å². The van der Waals surface area contributed by atoms with E-state index in [2.05, 4.69) is 5.32 Å². The normalized spacial score (nSPS) is 10.1. The molecule has 2 rings (SSSR count). The summed E-state index contributed by atoms with van der Waals surface area (Å²) < 4.78 is 13.8. The predicted octanol–water partition coefficient (Wildman–Crippen LogP) is 2.75. The third-order valence-corrected chi connectivity index (χ3v) is 2.94. The van der Waals surface area contributed by atoms with Gasteiger partial charge < -0.3 is 5.32 Å². The number of amides is 1. The first-order chi connectivity index (χ1) is 9.59. The van der Waals surface area contributed by atoms with E-state index in [1.807, 2.05) is 0 Å². The highest BCUT2D eigenvalue weighted by Gasteiger charge is 2.14. The summed E-state index contributed by atoms with van der Waals surface area (Å²) in [5, 5.41) is 2.44. The molecule has 4 heteroatoms. The first-order valence-corrected chi connectivity index (χ1v) is 6.21. The number of halogens is 1. The van der Waals surface area contributed by atoms with Crippen LogP contribution < -0.4 is 5.32 Å². The minimum absolute atomic E-state index is 0.0501.